The maximum atomic E-state index is 13.5. The second kappa shape index (κ2) is 4.18. The van der Waals surface area contributed by atoms with E-state index in [0.29, 0.717) is 0 Å². The molecule has 0 fully saturated rings. The number of hydrogen-bond acceptors (Lipinski definition) is 2. The van der Waals surface area contributed by atoms with Gasteiger partial charge in [0, 0.05) is 11.6 Å². The second-order valence-corrected chi connectivity index (χ2v) is 4.86. The Labute approximate surface area is 96.1 Å². The predicted octanol–water partition coefficient (Wildman–Crippen LogP) is 2.99. The summed E-state index contributed by atoms with van der Waals surface area (Å²) in [5.41, 5.74) is 3.87. The molecule has 0 amide bonds. The lowest BCUT2D eigenvalue weighted by atomic mass is 9.82. The Morgan fingerprint density at radius 2 is 1.29 bits per heavy atom. The van der Waals surface area contributed by atoms with Gasteiger partial charge in [-0.15, -0.1) is 0 Å². The fourth-order valence-corrected chi connectivity index (χ4v) is 1.34. The smallest absolute Gasteiger partial charge is 0.204 e. The van der Waals surface area contributed by atoms with E-state index in [1.807, 2.05) is 0 Å². The van der Waals surface area contributed by atoms with E-state index in [2.05, 4.69) is 0 Å². The van der Waals surface area contributed by atoms with Crippen molar-refractivity contribution in [3.8, 4) is 5.75 Å². The fraction of sp³-hybridized carbons (Fsp3) is 0.455. The van der Waals surface area contributed by atoms with Crippen molar-refractivity contribution < 1.29 is 22.7 Å². The van der Waals surface area contributed by atoms with Crippen LogP contribution in [-0.2, 0) is 0 Å². The third-order valence-electron chi connectivity index (χ3n) is 2.52. The van der Waals surface area contributed by atoms with Crippen LogP contribution in [0.15, 0.2) is 0 Å². The molecule has 3 N–H and O–H groups in total. The lowest BCUT2D eigenvalue weighted by molar-refractivity contribution is 0.291. The van der Waals surface area contributed by atoms with Gasteiger partial charge in [0.25, 0.3) is 0 Å². The summed E-state index contributed by atoms with van der Waals surface area (Å²) in [6.45, 7) is 4.71. The molecule has 0 aliphatic heterocycles. The second-order valence-electron chi connectivity index (χ2n) is 4.86. The van der Waals surface area contributed by atoms with Crippen LogP contribution >= 0.6 is 0 Å². The van der Waals surface area contributed by atoms with Crippen molar-refractivity contribution in [2.24, 2.45) is 11.1 Å². The largest absolute Gasteiger partial charge is 0.503 e. The van der Waals surface area contributed by atoms with Gasteiger partial charge in [0.05, 0.1) is 0 Å². The van der Waals surface area contributed by atoms with Crippen LogP contribution in [0, 0.1) is 28.7 Å². The minimum atomic E-state index is -1.83. The van der Waals surface area contributed by atoms with Crippen LogP contribution in [0.25, 0.3) is 0 Å². The van der Waals surface area contributed by atoms with Crippen molar-refractivity contribution in [2.75, 3.05) is 0 Å². The highest BCUT2D eigenvalue weighted by Crippen LogP contribution is 2.37. The molecule has 0 bridgehead atoms. The molecule has 0 aliphatic rings. The molecular weight excluding hydrogens is 238 g/mol. The SMILES string of the molecule is CC(C)(C)C(N)c1c(F)c(F)c(O)c(F)c1F. The number of benzene rings is 1. The van der Waals surface area contributed by atoms with E-state index in [0.717, 1.165) is 0 Å². The van der Waals surface area contributed by atoms with E-state index in [1.165, 1.54) is 0 Å². The van der Waals surface area contributed by atoms with Crippen molar-refractivity contribution in [3.63, 3.8) is 0 Å². The summed E-state index contributed by atoms with van der Waals surface area (Å²) in [6.07, 6.45) is 0. The molecule has 0 radical (unpaired) electrons. The Morgan fingerprint density at radius 3 is 1.59 bits per heavy atom. The predicted molar refractivity (Wildman–Crippen MR) is 54.3 cm³/mol. The molecule has 17 heavy (non-hydrogen) atoms. The molecule has 6 heteroatoms. The van der Waals surface area contributed by atoms with Crippen molar-refractivity contribution >= 4 is 0 Å². The minimum Gasteiger partial charge on any atom is -0.503 e. The molecule has 0 aliphatic carbocycles. The number of rotatable bonds is 1. The Hall–Kier alpha value is -1.30. The summed E-state index contributed by atoms with van der Waals surface area (Å²) in [4.78, 5) is 0. The molecule has 1 unspecified atom stereocenters. The van der Waals surface area contributed by atoms with Gasteiger partial charge >= 0.3 is 0 Å². The van der Waals surface area contributed by atoms with Crippen molar-refractivity contribution in [1.82, 2.24) is 0 Å². The molecule has 1 atom stereocenters. The molecular formula is C11H13F4NO. The lowest BCUT2D eigenvalue weighted by Crippen LogP contribution is -2.29. The van der Waals surface area contributed by atoms with Gasteiger partial charge in [-0.2, -0.15) is 8.78 Å². The average Bonchev–Trinajstić information content (AvgIpc) is 2.22. The van der Waals surface area contributed by atoms with E-state index in [9.17, 15) is 17.6 Å². The van der Waals surface area contributed by atoms with Crippen LogP contribution in [0.1, 0.15) is 32.4 Å². The van der Waals surface area contributed by atoms with E-state index in [1.54, 1.807) is 20.8 Å². The number of phenols is 1. The minimum absolute atomic E-state index is 0.794. The molecule has 0 saturated carbocycles. The highest BCUT2D eigenvalue weighted by atomic mass is 19.2. The van der Waals surface area contributed by atoms with Gasteiger partial charge in [-0.3, -0.25) is 0 Å². The zero-order valence-electron chi connectivity index (χ0n) is 9.61. The Balaban J connectivity index is 3.55. The summed E-state index contributed by atoms with van der Waals surface area (Å²) >= 11 is 0. The maximum absolute atomic E-state index is 13.5. The van der Waals surface area contributed by atoms with Crippen molar-refractivity contribution in [2.45, 2.75) is 26.8 Å². The van der Waals surface area contributed by atoms with Gasteiger partial charge in [-0.1, -0.05) is 20.8 Å². The Bertz CT molecular complexity index is 425. The van der Waals surface area contributed by atoms with Gasteiger partial charge in [-0.05, 0) is 5.41 Å². The monoisotopic (exact) mass is 251 g/mol. The first-order chi connectivity index (χ1) is 7.59. The molecule has 1 aromatic carbocycles. The number of hydrogen-bond donors (Lipinski definition) is 2. The zero-order chi connectivity index (χ0) is 13.5. The third kappa shape index (κ3) is 2.22. The fourth-order valence-electron chi connectivity index (χ4n) is 1.34. The van der Waals surface area contributed by atoms with Gasteiger partial charge in [-0.25, -0.2) is 8.78 Å². The number of aromatic hydroxyl groups is 1. The molecule has 1 rings (SSSR count). The topological polar surface area (TPSA) is 46.2 Å². The van der Waals surface area contributed by atoms with E-state index < -0.39 is 46.0 Å². The Morgan fingerprint density at radius 1 is 0.941 bits per heavy atom. The molecule has 0 heterocycles. The quantitative estimate of drug-likeness (QED) is 0.595. The Kier molecular flexibility index (Phi) is 3.38. The number of halogens is 4. The first-order valence-electron chi connectivity index (χ1n) is 4.89. The molecule has 0 spiro atoms. The van der Waals surface area contributed by atoms with Crippen LogP contribution in [0.3, 0.4) is 0 Å². The van der Waals surface area contributed by atoms with E-state index in [4.69, 9.17) is 10.8 Å². The van der Waals surface area contributed by atoms with Crippen LogP contribution in [0.4, 0.5) is 17.6 Å². The van der Waals surface area contributed by atoms with Gasteiger partial charge in [0.1, 0.15) is 0 Å². The molecule has 2 nitrogen and oxygen atoms in total. The maximum Gasteiger partial charge on any atom is 0.204 e. The van der Waals surface area contributed by atoms with E-state index in [-0.39, 0.29) is 0 Å². The van der Waals surface area contributed by atoms with Crippen LogP contribution in [0.2, 0.25) is 0 Å². The standard InChI is InChI=1S/C11H13F4NO/c1-11(2,3)10(16)4-5(12)7(14)9(17)8(15)6(4)13/h10,17H,16H2,1-3H3. The highest BCUT2D eigenvalue weighted by molar-refractivity contribution is 5.35. The van der Waals surface area contributed by atoms with E-state index >= 15 is 0 Å². The first-order valence-corrected chi connectivity index (χ1v) is 4.89. The summed E-state index contributed by atoms with van der Waals surface area (Å²) in [5, 5.41) is 8.81. The molecule has 96 valence electrons. The number of nitrogens with two attached hydrogens (primary N) is 1. The van der Waals surface area contributed by atoms with Gasteiger partial charge < -0.3 is 10.8 Å². The molecule has 1 aromatic rings. The lowest BCUT2D eigenvalue weighted by Gasteiger charge is -2.28. The number of phenolic OH excluding ortho intramolecular Hbond substituents is 1. The van der Waals surface area contributed by atoms with Crippen LogP contribution in [0.5, 0.6) is 5.75 Å². The first kappa shape index (κ1) is 13.8. The van der Waals surface area contributed by atoms with Gasteiger partial charge in [0.15, 0.2) is 17.4 Å². The molecule has 0 aromatic heterocycles. The zero-order valence-corrected chi connectivity index (χ0v) is 9.61. The summed E-state index contributed by atoms with van der Waals surface area (Å²) in [5.74, 6) is -8.67. The average molecular weight is 251 g/mol. The van der Waals surface area contributed by atoms with Gasteiger partial charge in [0.2, 0.25) is 11.6 Å². The highest BCUT2D eigenvalue weighted by Gasteiger charge is 2.33. The van der Waals surface area contributed by atoms with Crippen molar-refractivity contribution in [1.29, 1.82) is 0 Å². The van der Waals surface area contributed by atoms with Crippen LogP contribution in [-0.4, -0.2) is 5.11 Å². The molecule has 0 saturated heterocycles. The normalized spacial score (nSPS) is 13.9. The third-order valence-corrected chi connectivity index (χ3v) is 2.52. The van der Waals surface area contributed by atoms with Crippen molar-refractivity contribution in [3.05, 3.63) is 28.8 Å². The summed E-state index contributed by atoms with van der Waals surface area (Å²) < 4.78 is 53.1. The summed E-state index contributed by atoms with van der Waals surface area (Å²) in [7, 11) is 0. The summed E-state index contributed by atoms with van der Waals surface area (Å²) in [6, 6.07) is -1.24. The van der Waals surface area contributed by atoms with Crippen LogP contribution < -0.4 is 5.73 Å².